The largest absolute Gasteiger partial charge is 0.416 e. The molecule has 6 nitrogen and oxygen atoms in total. The Morgan fingerprint density at radius 2 is 1.80 bits per heavy atom. The number of aromatic nitrogens is 4. The van der Waals surface area contributed by atoms with Gasteiger partial charge in [-0.1, -0.05) is 17.8 Å². The van der Waals surface area contributed by atoms with Crippen molar-refractivity contribution in [3.05, 3.63) is 54.4 Å². The molecular weight excluding hydrogens is 415 g/mol. The number of hydrogen-bond donors (Lipinski definition) is 0. The molecule has 0 aliphatic carbocycles. The van der Waals surface area contributed by atoms with Crippen molar-refractivity contribution in [2.24, 2.45) is 0 Å². The highest BCUT2D eigenvalue weighted by Crippen LogP contribution is 2.33. The highest BCUT2D eigenvalue weighted by Gasteiger charge is 2.31. The van der Waals surface area contributed by atoms with E-state index < -0.39 is 11.7 Å². The van der Waals surface area contributed by atoms with E-state index in [1.807, 2.05) is 13.8 Å². The quantitative estimate of drug-likeness (QED) is 0.518. The van der Waals surface area contributed by atoms with Crippen molar-refractivity contribution in [1.29, 1.82) is 0 Å². The molecule has 3 rings (SSSR count). The van der Waals surface area contributed by atoms with Crippen LogP contribution in [0.3, 0.4) is 0 Å². The minimum absolute atomic E-state index is 0.0750. The fourth-order valence-corrected chi connectivity index (χ4v) is 3.75. The molecule has 0 saturated carbocycles. The van der Waals surface area contributed by atoms with Gasteiger partial charge in [0.1, 0.15) is 0 Å². The summed E-state index contributed by atoms with van der Waals surface area (Å²) in [5, 5.41) is 8.66. The second-order valence-electron chi connectivity index (χ2n) is 6.28. The van der Waals surface area contributed by atoms with Crippen molar-refractivity contribution in [3.63, 3.8) is 0 Å². The summed E-state index contributed by atoms with van der Waals surface area (Å²) in [5.41, 5.74) is 0.140. The van der Waals surface area contributed by atoms with Crippen molar-refractivity contribution in [2.45, 2.75) is 25.2 Å². The summed E-state index contributed by atoms with van der Waals surface area (Å²) in [6, 6.07) is 8.35. The fourth-order valence-electron chi connectivity index (χ4n) is 2.90. The van der Waals surface area contributed by atoms with Gasteiger partial charge in [-0.05, 0) is 44.2 Å². The molecule has 1 amide bonds. The lowest BCUT2D eigenvalue weighted by Gasteiger charge is -2.18. The molecule has 3 aromatic rings. The van der Waals surface area contributed by atoms with Gasteiger partial charge >= 0.3 is 6.18 Å². The number of halogens is 3. The number of amides is 1. The molecule has 0 radical (unpaired) electrons. The van der Waals surface area contributed by atoms with Crippen molar-refractivity contribution in [1.82, 2.24) is 24.6 Å². The van der Waals surface area contributed by atoms with Crippen molar-refractivity contribution in [3.8, 4) is 17.1 Å². The molecule has 0 unspecified atom stereocenters. The molecule has 0 atom stereocenters. The highest BCUT2D eigenvalue weighted by molar-refractivity contribution is 7.99. The fraction of sp³-hybridized carbons (Fsp3) is 0.300. The van der Waals surface area contributed by atoms with Crippen LogP contribution < -0.4 is 0 Å². The molecule has 1 aromatic carbocycles. The third-order valence-corrected chi connectivity index (χ3v) is 5.36. The third kappa shape index (κ3) is 4.81. The number of pyridine rings is 1. The lowest BCUT2D eigenvalue weighted by Crippen LogP contribution is -2.31. The van der Waals surface area contributed by atoms with Crippen LogP contribution in [0.15, 0.2) is 53.9 Å². The van der Waals surface area contributed by atoms with Gasteiger partial charge in [0.2, 0.25) is 5.91 Å². The molecule has 0 aliphatic heterocycles. The molecule has 0 bridgehead atoms. The van der Waals surface area contributed by atoms with Crippen molar-refractivity contribution >= 4 is 17.7 Å². The SMILES string of the molecule is CCN(CC)C(=O)CSc1nnc(-c2ccncc2)n1-c1cccc(C(F)(F)F)c1. The Balaban J connectivity index is 2.03. The molecule has 30 heavy (non-hydrogen) atoms. The minimum atomic E-state index is -4.48. The van der Waals surface area contributed by atoms with E-state index in [1.54, 1.807) is 35.5 Å². The van der Waals surface area contributed by atoms with Crippen LogP contribution in [0.4, 0.5) is 13.2 Å². The van der Waals surface area contributed by atoms with Gasteiger partial charge in [0.05, 0.1) is 17.0 Å². The van der Waals surface area contributed by atoms with Crippen LogP contribution in [0.2, 0.25) is 0 Å². The number of benzene rings is 1. The zero-order chi connectivity index (χ0) is 21.7. The molecule has 0 aliphatic rings. The van der Waals surface area contributed by atoms with E-state index in [1.165, 1.54) is 10.6 Å². The van der Waals surface area contributed by atoms with Gasteiger partial charge in [0.15, 0.2) is 11.0 Å². The summed E-state index contributed by atoms with van der Waals surface area (Å²) in [6.07, 6.45) is -1.35. The van der Waals surface area contributed by atoms with Crippen LogP contribution in [-0.2, 0) is 11.0 Å². The van der Waals surface area contributed by atoms with Crippen LogP contribution in [-0.4, -0.2) is 49.4 Å². The predicted octanol–water partition coefficient (Wildman–Crippen LogP) is 4.31. The first-order valence-corrected chi connectivity index (χ1v) is 10.3. The molecule has 158 valence electrons. The monoisotopic (exact) mass is 435 g/mol. The summed E-state index contributed by atoms with van der Waals surface area (Å²) in [7, 11) is 0. The van der Waals surface area contributed by atoms with E-state index in [0.717, 1.165) is 23.9 Å². The zero-order valence-corrected chi connectivity index (χ0v) is 17.2. The standard InChI is InChI=1S/C20H20F3N5OS/c1-3-27(4-2)17(29)13-30-19-26-25-18(14-8-10-24-11-9-14)28(19)16-7-5-6-15(12-16)20(21,22)23/h5-12H,3-4,13H2,1-2H3. The van der Waals surface area contributed by atoms with Gasteiger partial charge in [0, 0.05) is 31.0 Å². The van der Waals surface area contributed by atoms with E-state index in [4.69, 9.17) is 0 Å². The molecule has 2 aromatic heterocycles. The smallest absolute Gasteiger partial charge is 0.343 e. The highest BCUT2D eigenvalue weighted by atomic mass is 32.2. The molecular formula is C20H20F3N5OS. The number of thioether (sulfide) groups is 1. The van der Waals surface area contributed by atoms with E-state index in [-0.39, 0.29) is 17.3 Å². The molecule has 0 fully saturated rings. The number of hydrogen-bond acceptors (Lipinski definition) is 5. The Morgan fingerprint density at radius 3 is 2.43 bits per heavy atom. The number of carbonyl (C=O) groups excluding carboxylic acids is 1. The number of alkyl halides is 3. The topological polar surface area (TPSA) is 63.9 Å². The van der Waals surface area contributed by atoms with E-state index in [0.29, 0.717) is 29.6 Å². The van der Waals surface area contributed by atoms with Crippen LogP contribution >= 0.6 is 11.8 Å². The van der Waals surface area contributed by atoms with Crippen LogP contribution in [0.5, 0.6) is 0 Å². The number of nitrogens with zero attached hydrogens (tertiary/aromatic N) is 5. The Bertz CT molecular complexity index is 1000. The number of carbonyl (C=O) groups is 1. The normalized spacial score (nSPS) is 11.5. The lowest BCUT2D eigenvalue weighted by atomic mass is 10.2. The van der Waals surface area contributed by atoms with Gasteiger partial charge < -0.3 is 4.90 Å². The second kappa shape index (κ2) is 9.29. The summed E-state index contributed by atoms with van der Waals surface area (Å²) < 4.78 is 41.3. The average Bonchev–Trinajstić information content (AvgIpc) is 3.17. The average molecular weight is 435 g/mol. The Labute approximate surface area is 176 Å². The zero-order valence-electron chi connectivity index (χ0n) is 16.4. The van der Waals surface area contributed by atoms with Gasteiger partial charge in [-0.25, -0.2) is 0 Å². The van der Waals surface area contributed by atoms with E-state index in [2.05, 4.69) is 15.2 Å². The summed E-state index contributed by atoms with van der Waals surface area (Å²) in [4.78, 5) is 18.0. The van der Waals surface area contributed by atoms with Crippen LogP contribution in [0.1, 0.15) is 19.4 Å². The maximum atomic E-state index is 13.3. The Morgan fingerprint density at radius 1 is 1.10 bits per heavy atom. The molecule has 10 heteroatoms. The maximum Gasteiger partial charge on any atom is 0.416 e. The first kappa shape index (κ1) is 21.8. The maximum absolute atomic E-state index is 13.3. The van der Waals surface area contributed by atoms with Crippen molar-refractivity contribution < 1.29 is 18.0 Å². The van der Waals surface area contributed by atoms with Crippen molar-refractivity contribution in [2.75, 3.05) is 18.8 Å². The first-order chi connectivity index (χ1) is 14.3. The van der Waals surface area contributed by atoms with Gasteiger partial charge in [0.25, 0.3) is 0 Å². The lowest BCUT2D eigenvalue weighted by molar-refractivity contribution is -0.137. The summed E-state index contributed by atoms with van der Waals surface area (Å²) in [6.45, 7) is 4.94. The summed E-state index contributed by atoms with van der Waals surface area (Å²) in [5.74, 6) is 0.401. The van der Waals surface area contributed by atoms with Gasteiger partial charge in [-0.2, -0.15) is 13.2 Å². The van der Waals surface area contributed by atoms with Gasteiger partial charge in [-0.3, -0.25) is 14.3 Å². The predicted molar refractivity (Wildman–Crippen MR) is 108 cm³/mol. The molecule has 2 heterocycles. The van der Waals surface area contributed by atoms with E-state index in [9.17, 15) is 18.0 Å². The van der Waals surface area contributed by atoms with Crippen LogP contribution in [0, 0.1) is 0 Å². The van der Waals surface area contributed by atoms with E-state index >= 15 is 0 Å². The third-order valence-electron chi connectivity index (χ3n) is 4.44. The first-order valence-electron chi connectivity index (χ1n) is 9.29. The molecule has 0 spiro atoms. The Kier molecular flexibility index (Phi) is 6.76. The van der Waals surface area contributed by atoms with Crippen LogP contribution in [0.25, 0.3) is 17.1 Å². The Hall–Kier alpha value is -2.88. The van der Waals surface area contributed by atoms with Gasteiger partial charge in [-0.15, -0.1) is 10.2 Å². The summed E-state index contributed by atoms with van der Waals surface area (Å²) >= 11 is 1.14. The minimum Gasteiger partial charge on any atom is -0.343 e. The molecule has 0 saturated heterocycles. The molecule has 0 N–H and O–H groups in total. The second-order valence-corrected chi connectivity index (χ2v) is 7.22. The number of rotatable bonds is 7.